The topological polar surface area (TPSA) is 35.6 Å². The van der Waals surface area contributed by atoms with Crippen LogP contribution in [-0.2, 0) is 17.9 Å². The first-order valence-electron chi connectivity index (χ1n) is 9.50. The molecule has 1 N–H and O–H groups in total. The van der Waals surface area contributed by atoms with Gasteiger partial charge in [0.25, 0.3) is 0 Å². The predicted octanol–water partition coefficient (Wildman–Crippen LogP) is 3.74. The number of nitrogens with zero attached hydrogens (tertiary/aromatic N) is 2. The number of carbonyl (C=O) groups is 1. The van der Waals surface area contributed by atoms with Crippen molar-refractivity contribution in [3.63, 3.8) is 0 Å². The summed E-state index contributed by atoms with van der Waals surface area (Å²) in [4.78, 5) is 17.2. The van der Waals surface area contributed by atoms with E-state index in [9.17, 15) is 4.79 Å². The van der Waals surface area contributed by atoms with Gasteiger partial charge in [-0.25, -0.2) is 0 Å². The highest BCUT2D eigenvalue weighted by molar-refractivity contribution is 5.85. The summed E-state index contributed by atoms with van der Waals surface area (Å²) in [5.74, 6) is 0.233. The molecule has 1 aliphatic rings. The van der Waals surface area contributed by atoms with Crippen LogP contribution in [0.25, 0.3) is 0 Å². The van der Waals surface area contributed by atoms with Crippen molar-refractivity contribution in [1.29, 1.82) is 0 Å². The van der Waals surface area contributed by atoms with E-state index in [1.54, 1.807) is 0 Å². The highest BCUT2D eigenvalue weighted by Crippen LogP contribution is 2.13. The van der Waals surface area contributed by atoms with Gasteiger partial charge in [-0.3, -0.25) is 9.69 Å². The van der Waals surface area contributed by atoms with Gasteiger partial charge in [0, 0.05) is 32.2 Å². The van der Waals surface area contributed by atoms with E-state index in [0.29, 0.717) is 12.6 Å². The second-order valence-corrected chi connectivity index (χ2v) is 7.08. The zero-order chi connectivity index (χ0) is 18.2. The standard InChI is InChI=1S/C22H29N3O.2ClH/c1-23-21-13-8-14-25(17-21)22(26)18-24(15-19-9-4-2-5-10-19)16-20-11-6-3-7-12-20;;/h2-7,9-12,21,23H,8,13-18H2,1H3;2*1H. The number of nitrogens with one attached hydrogen (secondary N) is 1. The smallest absolute Gasteiger partial charge is 0.236 e. The van der Waals surface area contributed by atoms with Crippen molar-refractivity contribution in [3.05, 3.63) is 71.8 Å². The van der Waals surface area contributed by atoms with Crippen LogP contribution in [0.15, 0.2) is 60.7 Å². The molecule has 4 nitrogen and oxygen atoms in total. The van der Waals surface area contributed by atoms with Crippen molar-refractivity contribution in [2.45, 2.75) is 32.0 Å². The molecule has 6 heteroatoms. The Morgan fingerprint density at radius 2 is 1.54 bits per heavy atom. The van der Waals surface area contributed by atoms with Crippen molar-refractivity contribution >= 4 is 30.7 Å². The van der Waals surface area contributed by atoms with Gasteiger partial charge in [0.1, 0.15) is 0 Å². The molecule has 0 radical (unpaired) electrons. The van der Waals surface area contributed by atoms with Gasteiger partial charge < -0.3 is 10.2 Å². The minimum Gasteiger partial charge on any atom is -0.340 e. The van der Waals surface area contributed by atoms with Crippen LogP contribution < -0.4 is 5.32 Å². The van der Waals surface area contributed by atoms with Crippen LogP contribution in [0, 0.1) is 0 Å². The zero-order valence-corrected chi connectivity index (χ0v) is 18.1. The molecule has 154 valence electrons. The van der Waals surface area contributed by atoms with Crippen LogP contribution in [-0.4, -0.2) is 48.4 Å². The van der Waals surface area contributed by atoms with Crippen LogP contribution in [0.3, 0.4) is 0 Å². The van der Waals surface area contributed by atoms with Gasteiger partial charge in [-0.15, -0.1) is 24.8 Å². The average molecular weight is 424 g/mol. The molecule has 1 atom stereocenters. The van der Waals surface area contributed by atoms with E-state index >= 15 is 0 Å². The molecule has 0 saturated carbocycles. The van der Waals surface area contributed by atoms with Crippen LogP contribution >= 0.6 is 24.8 Å². The molecule has 0 aliphatic carbocycles. The van der Waals surface area contributed by atoms with Crippen molar-refractivity contribution in [2.24, 2.45) is 0 Å². The Morgan fingerprint density at radius 1 is 1.00 bits per heavy atom. The number of likely N-dealkylation sites (N-methyl/N-ethyl adjacent to an activating group) is 1. The van der Waals surface area contributed by atoms with E-state index in [4.69, 9.17) is 0 Å². The fourth-order valence-electron chi connectivity index (χ4n) is 3.58. The molecule has 2 aromatic rings. The molecule has 3 rings (SSSR count). The fourth-order valence-corrected chi connectivity index (χ4v) is 3.58. The van der Waals surface area contributed by atoms with E-state index in [0.717, 1.165) is 39.0 Å². The second kappa shape index (κ2) is 12.8. The third kappa shape index (κ3) is 7.44. The minimum atomic E-state index is 0. The molecule has 0 aromatic heterocycles. The molecular formula is C22H31Cl2N3O. The maximum atomic E-state index is 12.9. The molecule has 1 saturated heterocycles. The molecule has 0 bridgehead atoms. The Kier molecular flexibility index (Phi) is 11.2. The Morgan fingerprint density at radius 3 is 2.04 bits per heavy atom. The maximum Gasteiger partial charge on any atom is 0.236 e. The van der Waals surface area contributed by atoms with Crippen molar-refractivity contribution < 1.29 is 4.79 Å². The molecule has 2 aromatic carbocycles. The van der Waals surface area contributed by atoms with Gasteiger partial charge in [0.2, 0.25) is 5.91 Å². The molecule has 0 spiro atoms. The predicted molar refractivity (Wildman–Crippen MR) is 120 cm³/mol. The van der Waals surface area contributed by atoms with Gasteiger partial charge in [-0.2, -0.15) is 0 Å². The number of rotatable bonds is 7. The average Bonchev–Trinajstić information content (AvgIpc) is 2.69. The number of likely N-dealkylation sites (tertiary alicyclic amines) is 1. The van der Waals surface area contributed by atoms with Gasteiger partial charge in [0.05, 0.1) is 6.54 Å². The first-order chi connectivity index (χ1) is 12.7. The van der Waals surface area contributed by atoms with E-state index in [-0.39, 0.29) is 30.7 Å². The largest absolute Gasteiger partial charge is 0.340 e. The number of piperidine rings is 1. The number of carbonyl (C=O) groups excluding carboxylic acids is 1. The lowest BCUT2D eigenvalue weighted by Crippen LogP contribution is -2.49. The normalized spacial score (nSPS) is 16.2. The summed E-state index contributed by atoms with van der Waals surface area (Å²) in [5, 5.41) is 3.31. The van der Waals surface area contributed by atoms with Crippen LogP contribution in [0.5, 0.6) is 0 Å². The molecule has 1 fully saturated rings. The molecule has 1 amide bonds. The van der Waals surface area contributed by atoms with Crippen molar-refractivity contribution in [3.8, 4) is 0 Å². The quantitative estimate of drug-likeness (QED) is 0.736. The third-order valence-electron chi connectivity index (χ3n) is 5.04. The Labute approximate surface area is 181 Å². The monoisotopic (exact) mass is 423 g/mol. The minimum absolute atomic E-state index is 0. The first kappa shape index (κ1) is 24.4. The summed E-state index contributed by atoms with van der Waals surface area (Å²) in [6.45, 7) is 3.72. The SMILES string of the molecule is CNC1CCCN(C(=O)CN(Cc2ccccc2)Cc2ccccc2)C1.Cl.Cl. The highest BCUT2D eigenvalue weighted by atomic mass is 35.5. The van der Waals surface area contributed by atoms with Crippen molar-refractivity contribution in [1.82, 2.24) is 15.1 Å². The van der Waals surface area contributed by atoms with Gasteiger partial charge >= 0.3 is 0 Å². The molecule has 28 heavy (non-hydrogen) atoms. The number of hydrogen-bond acceptors (Lipinski definition) is 3. The summed E-state index contributed by atoms with van der Waals surface area (Å²) in [6.07, 6.45) is 2.23. The van der Waals surface area contributed by atoms with E-state index in [2.05, 4.69) is 58.7 Å². The second-order valence-electron chi connectivity index (χ2n) is 7.08. The van der Waals surface area contributed by atoms with Gasteiger partial charge in [-0.1, -0.05) is 60.7 Å². The molecule has 1 aliphatic heterocycles. The number of hydrogen-bond donors (Lipinski definition) is 1. The van der Waals surface area contributed by atoms with E-state index in [1.807, 2.05) is 24.1 Å². The Bertz CT molecular complexity index is 643. The van der Waals surface area contributed by atoms with Crippen LogP contribution in [0.1, 0.15) is 24.0 Å². The number of halogens is 2. The zero-order valence-electron chi connectivity index (χ0n) is 16.4. The van der Waals surface area contributed by atoms with Crippen LogP contribution in [0.4, 0.5) is 0 Å². The fraction of sp³-hybridized carbons (Fsp3) is 0.409. The summed E-state index contributed by atoms with van der Waals surface area (Å²) in [6, 6.07) is 21.2. The number of benzene rings is 2. The van der Waals surface area contributed by atoms with E-state index < -0.39 is 0 Å². The molecular weight excluding hydrogens is 393 g/mol. The van der Waals surface area contributed by atoms with Gasteiger partial charge in [0.15, 0.2) is 0 Å². The number of amides is 1. The maximum absolute atomic E-state index is 12.9. The lowest BCUT2D eigenvalue weighted by atomic mass is 10.1. The molecule has 1 unspecified atom stereocenters. The van der Waals surface area contributed by atoms with Gasteiger partial charge in [-0.05, 0) is 31.0 Å². The molecule has 1 heterocycles. The Balaban J connectivity index is 0.00000196. The summed E-state index contributed by atoms with van der Waals surface area (Å²) in [7, 11) is 1.98. The summed E-state index contributed by atoms with van der Waals surface area (Å²) < 4.78 is 0. The highest BCUT2D eigenvalue weighted by Gasteiger charge is 2.24. The lowest BCUT2D eigenvalue weighted by molar-refractivity contribution is -0.134. The van der Waals surface area contributed by atoms with Crippen LogP contribution in [0.2, 0.25) is 0 Å². The van der Waals surface area contributed by atoms with E-state index in [1.165, 1.54) is 11.1 Å². The Hall–Kier alpha value is -1.59. The lowest BCUT2D eigenvalue weighted by Gasteiger charge is -2.34. The van der Waals surface area contributed by atoms with Crippen molar-refractivity contribution in [2.75, 3.05) is 26.7 Å². The first-order valence-corrected chi connectivity index (χ1v) is 9.50. The summed E-state index contributed by atoms with van der Waals surface area (Å²) >= 11 is 0. The summed E-state index contributed by atoms with van der Waals surface area (Å²) in [5.41, 5.74) is 2.48. The third-order valence-corrected chi connectivity index (χ3v) is 5.04.